The zero-order valence-corrected chi connectivity index (χ0v) is 16.8. The summed E-state index contributed by atoms with van der Waals surface area (Å²) in [4.78, 5) is 0. The number of halogens is 1. The largest absolute Gasteiger partial charge is 0.497 e. The lowest BCUT2D eigenvalue weighted by molar-refractivity contribution is 0.224. The molecule has 0 amide bonds. The fraction of sp³-hybridized carbons (Fsp3) is 0.174. The van der Waals surface area contributed by atoms with Gasteiger partial charge in [0.05, 0.1) is 25.4 Å². The van der Waals surface area contributed by atoms with Crippen LogP contribution in [0.2, 0.25) is 0 Å². The van der Waals surface area contributed by atoms with E-state index in [1.807, 2.05) is 18.2 Å². The molecule has 0 aliphatic carbocycles. The van der Waals surface area contributed by atoms with E-state index >= 15 is 0 Å². The molecule has 0 saturated heterocycles. The summed E-state index contributed by atoms with van der Waals surface area (Å²) in [5.74, 6) is 0.875. The van der Waals surface area contributed by atoms with Gasteiger partial charge in [-0.1, -0.05) is 70.5 Å². The van der Waals surface area contributed by atoms with Crippen LogP contribution < -0.4 is 4.74 Å². The van der Waals surface area contributed by atoms with Crippen LogP contribution in [-0.2, 0) is 6.54 Å². The molecule has 0 aromatic heterocycles. The van der Waals surface area contributed by atoms with Gasteiger partial charge in [0, 0.05) is 10.9 Å². The predicted octanol–water partition coefficient (Wildman–Crippen LogP) is 5.81. The minimum Gasteiger partial charge on any atom is -0.497 e. The van der Waals surface area contributed by atoms with E-state index in [0.29, 0.717) is 0 Å². The van der Waals surface area contributed by atoms with Crippen molar-refractivity contribution in [3.05, 3.63) is 100 Å². The van der Waals surface area contributed by atoms with Gasteiger partial charge in [-0.3, -0.25) is 5.01 Å². The minimum absolute atomic E-state index is 0.217. The summed E-state index contributed by atoms with van der Waals surface area (Å²) < 4.78 is 6.39. The molecule has 27 heavy (non-hydrogen) atoms. The molecule has 3 nitrogen and oxygen atoms in total. The molecule has 1 aliphatic rings. The molecule has 3 aromatic carbocycles. The summed E-state index contributed by atoms with van der Waals surface area (Å²) >= 11 is 3.51. The van der Waals surface area contributed by atoms with E-state index in [-0.39, 0.29) is 6.04 Å². The van der Waals surface area contributed by atoms with E-state index < -0.39 is 0 Å². The summed E-state index contributed by atoms with van der Waals surface area (Å²) in [6.07, 6.45) is 0.890. The average molecular weight is 421 g/mol. The van der Waals surface area contributed by atoms with Crippen molar-refractivity contribution in [3.8, 4) is 5.75 Å². The lowest BCUT2D eigenvalue weighted by Crippen LogP contribution is -2.19. The first kappa shape index (κ1) is 17.8. The van der Waals surface area contributed by atoms with Crippen molar-refractivity contribution in [1.29, 1.82) is 0 Å². The zero-order valence-electron chi connectivity index (χ0n) is 15.2. The third kappa shape index (κ3) is 4.06. The van der Waals surface area contributed by atoms with Gasteiger partial charge in [0.2, 0.25) is 0 Å². The third-order valence-electron chi connectivity index (χ3n) is 4.86. The fourth-order valence-corrected chi connectivity index (χ4v) is 3.67. The Morgan fingerprint density at radius 2 is 1.67 bits per heavy atom. The van der Waals surface area contributed by atoms with Gasteiger partial charge in [0.25, 0.3) is 0 Å². The smallest absolute Gasteiger partial charge is 0.118 e. The van der Waals surface area contributed by atoms with Crippen molar-refractivity contribution in [2.45, 2.75) is 19.0 Å². The van der Waals surface area contributed by atoms with Crippen molar-refractivity contribution >= 4 is 21.6 Å². The summed E-state index contributed by atoms with van der Waals surface area (Å²) in [6.45, 7) is 0.789. The second-order valence-corrected chi connectivity index (χ2v) is 7.55. The van der Waals surface area contributed by atoms with Gasteiger partial charge >= 0.3 is 0 Å². The molecule has 136 valence electrons. The molecule has 1 atom stereocenters. The molecule has 0 saturated carbocycles. The molecule has 0 radical (unpaired) electrons. The number of benzene rings is 3. The van der Waals surface area contributed by atoms with Crippen LogP contribution in [0.1, 0.15) is 29.2 Å². The van der Waals surface area contributed by atoms with Gasteiger partial charge in [0.15, 0.2) is 0 Å². The maximum atomic E-state index is 5.31. The number of nitrogens with zero attached hydrogens (tertiary/aromatic N) is 2. The second kappa shape index (κ2) is 7.97. The first-order valence-corrected chi connectivity index (χ1v) is 9.80. The van der Waals surface area contributed by atoms with Gasteiger partial charge in [-0.15, -0.1) is 0 Å². The first-order chi connectivity index (χ1) is 13.2. The fourth-order valence-electron chi connectivity index (χ4n) is 3.40. The van der Waals surface area contributed by atoms with Crippen LogP contribution in [-0.4, -0.2) is 17.8 Å². The van der Waals surface area contributed by atoms with Crippen molar-refractivity contribution in [2.24, 2.45) is 5.10 Å². The number of ether oxygens (including phenoxy) is 1. The van der Waals surface area contributed by atoms with Crippen LogP contribution in [0, 0.1) is 0 Å². The highest BCUT2D eigenvalue weighted by atomic mass is 79.9. The molecule has 1 heterocycles. The standard InChI is InChI=1S/C23H21BrN2O/c1-27-21-13-9-19(10-14-21)23-15-22(18-7-11-20(24)12-8-18)25-26(23)16-17-5-3-2-4-6-17/h2-14,23H,15-16H2,1H3/t23-/m1/s1. The number of hydrogen-bond acceptors (Lipinski definition) is 3. The van der Waals surface area contributed by atoms with Crippen LogP contribution in [0.4, 0.5) is 0 Å². The van der Waals surface area contributed by atoms with Crippen molar-refractivity contribution in [2.75, 3.05) is 7.11 Å². The highest BCUT2D eigenvalue weighted by Gasteiger charge is 2.28. The summed E-state index contributed by atoms with van der Waals surface area (Å²) in [5.41, 5.74) is 4.81. The Labute approximate surface area is 168 Å². The van der Waals surface area contributed by atoms with Gasteiger partial charge in [-0.2, -0.15) is 5.10 Å². The minimum atomic E-state index is 0.217. The zero-order chi connectivity index (χ0) is 18.6. The van der Waals surface area contributed by atoms with E-state index in [1.54, 1.807) is 7.11 Å². The summed E-state index contributed by atoms with van der Waals surface area (Å²) in [6, 6.07) is 27.4. The maximum Gasteiger partial charge on any atom is 0.118 e. The lowest BCUT2D eigenvalue weighted by atomic mass is 9.98. The molecule has 0 fully saturated rings. The Balaban J connectivity index is 1.64. The highest BCUT2D eigenvalue weighted by Crippen LogP contribution is 2.34. The van der Waals surface area contributed by atoms with Crippen molar-refractivity contribution in [3.63, 3.8) is 0 Å². The molecule has 0 unspecified atom stereocenters. The van der Waals surface area contributed by atoms with Crippen LogP contribution in [0.3, 0.4) is 0 Å². The molecule has 0 bridgehead atoms. The maximum absolute atomic E-state index is 5.31. The molecule has 1 aliphatic heterocycles. The van der Waals surface area contributed by atoms with Gasteiger partial charge in [-0.25, -0.2) is 0 Å². The van der Waals surface area contributed by atoms with Gasteiger partial charge in [-0.05, 0) is 41.0 Å². The average Bonchev–Trinajstić information content (AvgIpc) is 3.13. The third-order valence-corrected chi connectivity index (χ3v) is 5.39. The summed E-state index contributed by atoms with van der Waals surface area (Å²) in [7, 11) is 1.70. The quantitative estimate of drug-likeness (QED) is 0.520. The molecule has 4 heteroatoms. The van der Waals surface area contributed by atoms with E-state index in [9.17, 15) is 0 Å². The molecule has 3 aromatic rings. The van der Waals surface area contributed by atoms with Crippen LogP contribution in [0.15, 0.2) is 88.4 Å². The van der Waals surface area contributed by atoms with E-state index in [0.717, 1.165) is 28.9 Å². The van der Waals surface area contributed by atoms with E-state index in [1.165, 1.54) is 16.7 Å². The molecule has 0 spiro atoms. The lowest BCUT2D eigenvalue weighted by Gasteiger charge is -2.24. The Kier molecular flexibility index (Phi) is 5.26. The van der Waals surface area contributed by atoms with Gasteiger partial charge in [0.1, 0.15) is 5.75 Å². The van der Waals surface area contributed by atoms with Gasteiger partial charge < -0.3 is 4.74 Å². The normalized spacial score (nSPS) is 16.3. The Hall–Kier alpha value is -2.59. The number of hydrazone groups is 1. The Morgan fingerprint density at radius 3 is 2.33 bits per heavy atom. The SMILES string of the molecule is COc1ccc([C@H]2CC(c3ccc(Br)cc3)=NN2Cc2ccccc2)cc1. The molecular weight excluding hydrogens is 400 g/mol. The number of rotatable bonds is 5. The monoisotopic (exact) mass is 420 g/mol. The molecule has 0 N–H and O–H groups in total. The van der Waals surface area contributed by atoms with Crippen LogP contribution in [0.5, 0.6) is 5.75 Å². The summed E-state index contributed by atoms with van der Waals surface area (Å²) in [5, 5.41) is 7.19. The first-order valence-electron chi connectivity index (χ1n) is 9.01. The molecule has 4 rings (SSSR count). The van der Waals surface area contributed by atoms with Crippen LogP contribution >= 0.6 is 15.9 Å². The molecular formula is C23H21BrN2O. The van der Waals surface area contributed by atoms with Crippen molar-refractivity contribution < 1.29 is 4.74 Å². The van der Waals surface area contributed by atoms with E-state index in [2.05, 4.69) is 81.6 Å². The Bertz CT molecular complexity index is 921. The number of methoxy groups -OCH3 is 1. The highest BCUT2D eigenvalue weighted by molar-refractivity contribution is 9.10. The number of hydrogen-bond donors (Lipinski definition) is 0. The topological polar surface area (TPSA) is 24.8 Å². The predicted molar refractivity (Wildman–Crippen MR) is 113 cm³/mol. The Morgan fingerprint density at radius 1 is 0.963 bits per heavy atom. The second-order valence-electron chi connectivity index (χ2n) is 6.63. The van der Waals surface area contributed by atoms with Crippen molar-refractivity contribution in [1.82, 2.24) is 5.01 Å². The van der Waals surface area contributed by atoms with E-state index in [4.69, 9.17) is 9.84 Å². The van der Waals surface area contributed by atoms with Crippen LogP contribution in [0.25, 0.3) is 0 Å².